The van der Waals surface area contributed by atoms with Gasteiger partial charge >= 0.3 is 0 Å². The van der Waals surface area contributed by atoms with Crippen LogP contribution in [0.25, 0.3) is 21.5 Å². The number of anilines is 1. The average Bonchev–Trinajstić information content (AvgIpc) is 2.74. The van der Waals surface area contributed by atoms with E-state index in [0.717, 1.165) is 24.1 Å². The predicted molar refractivity (Wildman–Crippen MR) is 126 cm³/mol. The first-order chi connectivity index (χ1) is 14.5. The van der Waals surface area contributed by atoms with Gasteiger partial charge in [0.25, 0.3) is 0 Å². The Morgan fingerprint density at radius 3 is 2.40 bits per heavy atom. The topological polar surface area (TPSA) is 58.5 Å². The molecule has 4 rings (SSSR count). The van der Waals surface area contributed by atoms with Gasteiger partial charge in [0, 0.05) is 6.26 Å². The van der Waals surface area contributed by atoms with Crippen molar-refractivity contribution in [3.8, 4) is 0 Å². The summed E-state index contributed by atoms with van der Waals surface area (Å²) in [6.45, 7) is 2.20. The van der Waals surface area contributed by atoms with Gasteiger partial charge < -0.3 is 0 Å². The van der Waals surface area contributed by atoms with Crippen LogP contribution in [0.3, 0.4) is 0 Å². The molecular weight excluding hydrogens is 392 g/mol. The third-order valence-corrected chi connectivity index (χ3v) is 6.31. The van der Waals surface area contributed by atoms with Gasteiger partial charge in [0.1, 0.15) is 0 Å². The number of aryl methyl sites for hydroxylation is 1. The molecule has 4 aromatic carbocycles. The van der Waals surface area contributed by atoms with Crippen molar-refractivity contribution in [3.63, 3.8) is 0 Å². The molecule has 0 aliphatic heterocycles. The van der Waals surface area contributed by atoms with Gasteiger partial charge in [0.2, 0.25) is 0 Å². The van der Waals surface area contributed by atoms with E-state index < -0.39 is 9.84 Å². The number of hydrogen-bond donors (Lipinski definition) is 1. The van der Waals surface area contributed by atoms with Gasteiger partial charge in [-0.1, -0.05) is 55.8 Å². The molecule has 0 aliphatic rings. The van der Waals surface area contributed by atoms with E-state index in [1.54, 1.807) is 30.5 Å². The first-order valence-electron chi connectivity index (χ1n) is 9.99. The van der Waals surface area contributed by atoms with Gasteiger partial charge in [-0.15, -0.1) is 0 Å². The third kappa shape index (κ3) is 4.21. The molecule has 4 aromatic rings. The van der Waals surface area contributed by atoms with Crippen LogP contribution < -0.4 is 5.43 Å². The van der Waals surface area contributed by atoms with E-state index in [1.807, 2.05) is 0 Å². The zero-order chi connectivity index (χ0) is 21.1. The summed E-state index contributed by atoms with van der Waals surface area (Å²) in [6, 6.07) is 23.8. The Kier molecular flexibility index (Phi) is 5.55. The van der Waals surface area contributed by atoms with Gasteiger partial charge in [-0.3, -0.25) is 5.43 Å². The van der Waals surface area contributed by atoms with Gasteiger partial charge in [0.15, 0.2) is 9.84 Å². The third-order valence-electron chi connectivity index (χ3n) is 5.18. The van der Waals surface area contributed by atoms with Crippen LogP contribution in [0.1, 0.15) is 24.5 Å². The molecule has 0 aliphatic carbocycles. The van der Waals surface area contributed by atoms with Crippen molar-refractivity contribution < 1.29 is 8.42 Å². The van der Waals surface area contributed by atoms with E-state index in [-0.39, 0.29) is 0 Å². The van der Waals surface area contributed by atoms with E-state index in [4.69, 9.17) is 0 Å². The van der Waals surface area contributed by atoms with E-state index >= 15 is 0 Å². The van der Waals surface area contributed by atoms with Crippen molar-refractivity contribution in [1.82, 2.24) is 0 Å². The van der Waals surface area contributed by atoms with Crippen LogP contribution in [0, 0.1) is 0 Å². The molecule has 0 saturated heterocycles. The van der Waals surface area contributed by atoms with Crippen LogP contribution in [0.4, 0.5) is 5.69 Å². The van der Waals surface area contributed by atoms with E-state index in [9.17, 15) is 8.42 Å². The highest BCUT2D eigenvalue weighted by atomic mass is 32.2. The maximum Gasteiger partial charge on any atom is 0.175 e. The fraction of sp³-hybridized carbons (Fsp3) is 0.160. The minimum absolute atomic E-state index is 0.293. The first kappa shape index (κ1) is 20.1. The molecule has 0 saturated carbocycles. The summed E-state index contributed by atoms with van der Waals surface area (Å²) in [5.41, 5.74) is 6.07. The summed E-state index contributed by atoms with van der Waals surface area (Å²) < 4.78 is 23.1. The average molecular weight is 417 g/mol. The minimum Gasteiger partial charge on any atom is -0.279 e. The van der Waals surface area contributed by atoms with E-state index in [2.05, 4.69) is 66.0 Å². The summed E-state index contributed by atoms with van der Waals surface area (Å²) in [5, 5.41) is 9.35. The fourth-order valence-electron chi connectivity index (χ4n) is 3.71. The van der Waals surface area contributed by atoms with Crippen molar-refractivity contribution in [2.75, 3.05) is 11.7 Å². The van der Waals surface area contributed by atoms with Crippen LogP contribution in [-0.4, -0.2) is 20.9 Å². The lowest BCUT2D eigenvalue weighted by atomic mass is 9.94. The van der Waals surface area contributed by atoms with E-state index in [1.165, 1.54) is 33.4 Å². The Bertz CT molecular complexity index is 1340. The number of benzene rings is 4. The van der Waals surface area contributed by atoms with Crippen molar-refractivity contribution in [1.29, 1.82) is 0 Å². The molecule has 0 spiro atoms. The van der Waals surface area contributed by atoms with Gasteiger partial charge in [-0.25, -0.2) is 8.42 Å². The molecule has 0 aromatic heterocycles. The zero-order valence-corrected chi connectivity index (χ0v) is 17.9. The van der Waals surface area contributed by atoms with Crippen molar-refractivity contribution in [2.24, 2.45) is 5.10 Å². The molecule has 0 unspecified atom stereocenters. The Hall–Kier alpha value is -3.18. The van der Waals surface area contributed by atoms with Gasteiger partial charge in [0.05, 0.1) is 16.8 Å². The molecular formula is C25H24N2O2S. The van der Waals surface area contributed by atoms with Gasteiger partial charge in [-0.2, -0.15) is 5.10 Å². The first-order valence-corrected chi connectivity index (χ1v) is 11.9. The molecule has 0 atom stereocenters. The number of hydrogen-bond acceptors (Lipinski definition) is 4. The standard InChI is InChI=1S/C25H24N2O2S/c1-3-6-19-16-20-7-4-5-8-23(20)25-15-18(9-14-24(19)25)17-26-27-21-10-12-22(13-11-21)30(2,28)29/h4-5,7-17,27H,3,6H2,1-2H3/b26-17+. The van der Waals surface area contributed by atoms with E-state index in [0.29, 0.717) is 4.90 Å². The smallest absolute Gasteiger partial charge is 0.175 e. The summed E-state index contributed by atoms with van der Waals surface area (Å²) in [6.07, 6.45) is 5.15. The molecule has 4 nitrogen and oxygen atoms in total. The quantitative estimate of drug-likeness (QED) is 0.246. The molecule has 0 amide bonds. The van der Waals surface area contributed by atoms with Crippen molar-refractivity contribution in [3.05, 3.63) is 83.9 Å². The normalized spacial score (nSPS) is 12.1. The summed E-state index contributed by atoms with van der Waals surface area (Å²) in [4.78, 5) is 0.293. The second-order valence-corrected chi connectivity index (χ2v) is 9.49. The Morgan fingerprint density at radius 1 is 0.900 bits per heavy atom. The molecule has 0 radical (unpaired) electrons. The number of rotatable bonds is 6. The summed E-state index contributed by atoms with van der Waals surface area (Å²) in [7, 11) is -3.20. The molecule has 152 valence electrons. The lowest BCUT2D eigenvalue weighted by Crippen LogP contribution is -1.97. The van der Waals surface area contributed by atoms with Crippen LogP contribution >= 0.6 is 0 Å². The zero-order valence-electron chi connectivity index (χ0n) is 17.1. The summed E-state index contributed by atoms with van der Waals surface area (Å²) >= 11 is 0. The monoisotopic (exact) mass is 416 g/mol. The number of nitrogens with zero attached hydrogens (tertiary/aromatic N) is 1. The Morgan fingerprint density at radius 2 is 1.67 bits per heavy atom. The number of nitrogens with one attached hydrogen (secondary N) is 1. The fourth-order valence-corrected chi connectivity index (χ4v) is 4.34. The lowest BCUT2D eigenvalue weighted by molar-refractivity contribution is 0.602. The molecule has 0 bridgehead atoms. The number of sulfone groups is 1. The second kappa shape index (κ2) is 8.28. The Labute approximate surface area is 177 Å². The van der Waals surface area contributed by atoms with Crippen LogP contribution in [0.5, 0.6) is 0 Å². The predicted octanol–water partition coefficient (Wildman–Crippen LogP) is 5.80. The van der Waals surface area contributed by atoms with Crippen LogP contribution in [-0.2, 0) is 16.3 Å². The molecule has 0 heterocycles. The van der Waals surface area contributed by atoms with Crippen LogP contribution in [0.2, 0.25) is 0 Å². The van der Waals surface area contributed by atoms with Gasteiger partial charge in [-0.05, 0) is 69.4 Å². The highest BCUT2D eigenvalue weighted by Gasteiger charge is 2.07. The molecule has 5 heteroatoms. The molecule has 0 fully saturated rings. The number of hydrazone groups is 1. The largest absolute Gasteiger partial charge is 0.279 e. The summed E-state index contributed by atoms with van der Waals surface area (Å²) in [5.74, 6) is 0. The maximum atomic E-state index is 11.6. The lowest BCUT2D eigenvalue weighted by Gasteiger charge is -2.11. The minimum atomic E-state index is -3.20. The SMILES string of the molecule is CCCc1cc2ccccc2c2cc(/C=N/Nc3ccc(S(C)(=O)=O)cc3)ccc12. The maximum absolute atomic E-state index is 11.6. The number of fused-ring (bicyclic) bond motifs is 3. The molecule has 1 N–H and O–H groups in total. The van der Waals surface area contributed by atoms with Crippen molar-refractivity contribution >= 4 is 43.3 Å². The Balaban J connectivity index is 1.64. The van der Waals surface area contributed by atoms with Crippen LogP contribution in [0.15, 0.2) is 82.8 Å². The highest BCUT2D eigenvalue weighted by Crippen LogP contribution is 2.30. The highest BCUT2D eigenvalue weighted by molar-refractivity contribution is 7.90. The molecule has 30 heavy (non-hydrogen) atoms. The second-order valence-electron chi connectivity index (χ2n) is 7.48. The van der Waals surface area contributed by atoms with Crippen molar-refractivity contribution in [2.45, 2.75) is 24.7 Å².